The maximum atomic E-state index is 13.8. The number of aliphatic hydroxyl groups is 1. The van der Waals surface area contributed by atoms with Crippen LogP contribution >= 0.6 is 15.9 Å². The van der Waals surface area contributed by atoms with Gasteiger partial charge in [0, 0.05) is 30.6 Å². The number of hydrogen-bond donors (Lipinski definition) is 1. The third kappa shape index (κ3) is 5.07. The lowest BCUT2D eigenvalue weighted by Crippen LogP contribution is -2.29. The number of β-amino-alcohol motifs (C(OH)–C–C–N with tert-alkyl or cyclic N) is 1. The summed E-state index contributed by atoms with van der Waals surface area (Å²) in [5, 5.41) is 9.07. The number of ether oxygens (including phenoxy) is 1. The number of rotatable bonds is 7. The van der Waals surface area contributed by atoms with Crippen LogP contribution in [0.2, 0.25) is 0 Å². The zero-order valence-corrected chi connectivity index (χ0v) is 17.2. The van der Waals surface area contributed by atoms with Gasteiger partial charge < -0.3 is 14.7 Å². The number of allylic oxidation sites excluding steroid dienone is 1. The van der Waals surface area contributed by atoms with Gasteiger partial charge in [0.2, 0.25) is 5.88 Å². The van der Waals surface area contributed by atoms with Crippen LogP contribution < -0.4 is 10.3 Å². The number of aromatic nitrogens is 2. The van der Waals surface area contributed by atoms with Crippen molar-refractivity contribution in [2.24, 2.45) is 4.99 Å². The van der Waals surface area contributed by atoms with Gasteiger partial charge in [-0.2, -0.15) is 4.98 Å². The van der Waals surface area contributed by atoms with E-state index < -0.39 is 11.6 Å². The van der Waals surface area contributed by atoms with Gasteiger partial charge in [-0.05, 0) is 35.0 Å². The van der Waals surface area contributed by atoms with Gasteiger partial charge in [-0.25, -0.2) is 8.78 Å². The predicted molar refractivity (Wildman–Crippen MR) is 107 cm³/mol. The maximum Gasteiger partial charge on any atom is 0.272 e. The Labute approximate surface area is 174 Å². The largest absolute Gasteiger partial charge is 0.472 e. The van der Waals surface area contributed by atoms with Gasteiger partial charge >= 0.3 is 0 Å². The Morgan fingerprint density at radius 3 is 2.86 bits per heavy atom. The zero-order valence-electron chi connectivity index (χ0n) is 15.6. The molecule has 0 radical (unpaired) electrons. The molecular formula is C19H19BrF2N4O3. The van der Waals surface area contributed by atoms with Crippen LogP contribution in [-0.4, -0.2) is 45.5 Å². The number of benzene rings is 1. The SMILES string of the molecule is Cc1nc(OCc2ccc(F)cc2F)c(Br)c(=O)n1CC1=CN(CCO)CC=N1. The molecule has 0 atom stereocenters. The van der Waals surface area contributed by atoms with Gasteiger partial charge in [0.25, 0.3) is 5.56 Å². The first-order valence-corrected chi connectivity index (χ1v) is 9.60. The molecule has 7 nitrogen and oxygen atoms in total. The van der Waals surface area contributed by atoms with E-state index >= 15 is 0 Å². The van der Waals surface area contributed by atoms with Crippen molar-refractivity contribution in [3.63, 3.8) is 0 Å². The minimum absolute atomic E-state index is 0.0182. The van der Waals surface area contributed by atoms with Gasteiger partial charge in [0.1, 0.15) is 28.5 Å². The van der Waals surface area contributed by atoms with E-state index in [0.717, 1.165) is 12.1 Å². The lowest BCUT2D eigenvalue weighted by atomic mass is 10.2. The van der Waals surface area contributed by atoms with Crippen molar-refractivity contribution in [3.8, 4) is 5.88 Å². The fourth-order valence-electron chi connectivity index (χ4n) is 2.77. The van der Waals surface area contributed by atoms with Crippen LogP contribution in [0.4, 0.5) is 8.78 Å². The quantitative estimate of drug-likeness (QED) is 0.674. The van der Waals surface area contributed by atoms with E-state index in [9.17, 15) is 13.6 Å². The lowest BCUT2D eigenvalue weighted by Gasteiger charge is -2.22. The summed E-state index contributed by atoms with van der Waals surface area (Å²) in [6.45, 7) is 2.72. The molecule has 2 aromatic rings. The molecule has 0 saturated carbocycles. The molecule has 1 aromatic heterocycles. The highest BCUT2D eigenvalue weighted by molar-refractivity contribution is 9.10. The Balaban J connectivity index is 1.79. The summed E-state index contributed by atoms with van der Waals surface area (Å²) < 4.78 is 33.8. The molecule has 0 amide bonds. The highest BCUT2D eigenvalue weighted by Gasteiger charge is 2.17. The van der Waals surface area contributed by atoms with E-state index in [0.29, 0.717) is 24.6 Å². The number of nitrogens with zero attached hydrogens (tertiary/aromatic N) is 4. The molecule has 1 aliphatic heterocycles. The van der Waals surface area contributed by atoms with E-state index in [1.807, 2.05) is 4.90 Å². The summed E-state index contributed by atoms with van der Waals surface area (Å²) in [7, 11) is 0. The fraction of sp³-hybridized carbons (Fsp3) is 0.316. The Bertz CT molecular complexity index is 1020. The molecule has 2 heterocycles. The highest BCUT2D eigenvalue weighted by atomic mass is 79.9. The molecule has 1 aromatic carbocycles. The third-order valence-corrected chi connectivity index (χ3v) is 4.94. The van der Waals surface area contributed by atoms with Crippen LogP contribution in [0.15, 0.2) is 44.4 Å². The van der Waals surface area contributed by atoms with E-state index in [1.54, 1.807) is 19.3 Å². The van der Waals surface area contributed by atoms with Crippen molar-refractivity contribution in [2.45, 2.75) is 20.1 Å². The second-order valence-corrected chi connectivity index (χ2v) is 7.14. The molecule has 0 aliphatic carbocycles. The van der Waals surface area contributed by atoms with Crippen LogP contribution in [0, 0.1) is 18.6 Å². The molecule has 0 bridgehead atoms. The van der Waals surface area contributed by atoms with Crippen LogP contribution in [0.1, 0.15) is 11.4 Å². The molecule has 1 aliphatic rings. The molecule has 3 rings (SSSR count). The second-order valence-electron chi connectivity index (χ2n) is 6.34. The lowest BCUT2D eigenvalue weighted by molar-refractivity contribution is 0.246. The van der Waals surface area contributed by atoms with Crippen LogP contribution in [0.5, 0.6) is 5.88 Å². The van der Waals surface area contributed by atoms with Crippen LogP contribution in [-0.2, 0) is 13.2 Å². The number of aliphatic imine (C=N–C) groups is 1. The number of aryl methyl sites for hydroxylation is 1. The van der Waals surface area contributed by atoms with Crippen molar-refractivity contribution in [1.82, 2.24) is 14.5 Å². The standard InChI is InChI=1S/C19H19BrF2N4O3/c1-12-24-18(29-11-13-2-3-14(21)8-16(13)22)17(20)19(28)26(12)10-15-9-25(6-7-27)5-4-23-15/h2-4,8-9,27H,5-7,10-11H2,1H3. The summed E-state index contributed by atoms with van der Waals surface area (Å²) in [5.74, 6) is -0.999. The second kappa shape index (κ2) is 9.27. The normalized spacial score (nSPS) is 13.6. The molecule has 154 valence electrons. The fourth-order valence-corrected chi connectivity index (χ4v) is 3.18. The molecule has 0 saturated heterocycles. The Morgan fingerprint density at radius 1 is 1.34 bits per heavy atom. The number of halogens is 3. The van der Waals surface area contributed by atoms with Crippen LogP contribution in [0.3, 0.4) is 0 Å². The van der Waals surface area contributed by atoms with Crippen molar-refractivity contribution in [3.05, 3.63) is 67.9 Å². The maximum absolute atomic E-state index is 13.8. The summed E-state index contributed by atoms with van der Waals surface area (Å²) in [6, 6.07) is 3.17. The third-order valence-electron chi connectivity index (χ3n) is 4.27. The van der Waals surface area contributed by atoms with E-state index in [1.165, 1.54) is 10.6 Å². The Morgan fingerprint density at radius 2 is 2.14 bits per heavy atom. The minimum Gasteiger partial charge on any atom is -0.472 e. The zero-order chi connectivity index (χ0) is 21.0. The van der Waals surface area contributed by atoms with Gasteiger partial charge in [0.05, 0.1) is 25.4 Å². The number of aliphatic hydroxyl groups excluding tert-OH is 1. The van der Waals surface area contributed by atoms with E-state index in [4.69, 9.17) is 9.84 Å². The van der Waals surface area contributed by atoms with Crippen molar-refractivity contribution >= 4 is 22.1 Å². The summed E-state index contributed by atoms with van der Waals surface area (Å²) in [6.07, 6.45) is 3.50. The summed E-state index contributed by atoms with van der Waals surface area (Å²) in [4.78, 5) is 23.2. The molecular weight excluding hydrogens is 450 g/mol. The predicted octanol–water partition coefficient (Wildman–Crippen LogP) is 2.39. The van der Waals surface area contributed by atoms with Crippen molar-refractivity contribution < 1.29 is 18.6 Å². The smallest absolute Gasteiger partial charge is 0.272 e. The topological polar surface area (TPSA) is 80.0 Å². The van der Waals surface area contributed by atoms with E-state index in [-0.39, 0.29) is 41.2 Å². The first-order valence-electron chi connectivity index (χ1n) is 8.81. The first kappa shape index (κ1) is 21.1. The average Bonchev–Trinajstić information content (AvgIpc) is 2.69. The van der Waals surface area contributed by atoms with Crippen LogP contribution in [0.25, 0.3) is 0 Å². The molecule has 0 spiro atoms. The number of hydrogen-bond acceptors (Lipinski definition) is 6. The molecule has 1 N–H and O–H groups in total. The minimum atomic E-state index is -0.735. The molecule has 0 unspecified atom stereocenters. The van der Waals surface area contributed by atoms with E-state index in [2.05, 4.69) is 25.9 Å². The molecule has 29 heavy (non-hydrogen) atoms. The van der Waals surface area contributed by atoms with Gasteiger partial charge in [-0.1, -0.05) is 0 Å². The summed E-state index contributed by atoms with van der Waals surface area (Å²) in [5.41, 5.74) is 0.417. The highest BCUT2D eigenvalue weighted by Crippen LogP contribution is 2.21. The van der Waals surface area contributed by atoms with Crippen molar-refractivity contribution in [2.75, 3.05) is 19.7 Å². The average molecular weight is 469 g/mol. The molecule has 10 heteroatoms. The first-order chi connectivity index (χ1) is 13.9. The Kier molecular flexibility index (Phi) is 6.75. The van der Waals surface area contributed by atoms with Gasteiger partial charge in [-0.3, -0.25) is 14.4 Å². The monoisotopic (exact) mass is 468 g/mol. The van der Waals surface area contributed by atoms with Gasteiger partial charge in [-0.15, -0.1) is 0 Å². The molecule has 0 fully saturated rings. The summed E-state index contributed by atoms with van der Waals surface area (Å²) >= 11 is 3.19. The van der Waals surface area contributed by atoms with Crippen molar-refractivity contribution in [1.29, 1.82) is 0 Å². The van der Waals surface area contributed by atoms with Gasteiger partial charge in [0.15, 0.2) is 0 Å². The Hall–Kier alpha value is -2.59.